The fourth-order valence-corrected chi connectivity index (χ4v) is 1.08. The minimum absolute atomic E-state index is 1.06. The van der Waals surface area contributed by atoms with Crippen molar-refractivity contribution < 1.29 is 0 Å². The topological polar surface area (TPSA) is 17.8 Å². The van der Waals surface area contributed by atoms with E-state index in [0.29, 0.717) is 0 Å². The molecule has 0 aliphatic heterocycles. The first-order valence-electron chi connectivity index (χ1n) is 4.24. The average Bonchev–Trinajstić information content (AvgIpc) is 2.53. The van der Waals surface area contributed by atoms with E-state index in [1.54, 1.807) is 0 Å². The van der Waals surface area contributed by atoms with Crippen LogP contribution in [-0.2, 0) is 7.05 Å². The van der Waals surface area contributed by atoms with Gasteiger partial charge in [0, 0.05) is 7.05 Å². The van der Waals surface area contributed by atoms with Crippen LogP contribution in [-0.4, -0.2) is 9.55 Å². The van der Waals surface area contributed by atoms with Crippen LogP contribution in [0.2, 0.25) is 0 Å². The maximum Gasteiger partial charge on any atom is 0.0955 e. The Kier molecular flexibility index (Phi) is 2.86. The monoisotopic (exact) mass is 162 g/mol. The summed E-state index contributed by atoms with van der Waals surface area (Å²) in [5, 5.41) is 0. The number of hydrogen-bond donors (Lipinski definition) is 0. The Morgan fingerprint density at radius 1 is 1.17 bits per heavy atom. The molecular formula is C10H14N2. The molecule has 2 rings (SSSR count). The summed E-state index contributed by atoms with van der Waals surface area (Å²) in [6.07, 6.45) is 1.82. The molecule has 2 aromatic rings. The lowest BCUT2D eigenvalue weighted by molar-refractivity contribution is 0.948. The quantitative estimate of drug-likeness (QED) is 0.582. The zero-order chi connectivity index (χ0) is 8.97. The molecule has 0 spiro atoms. The molecule has 2 heteroatoms. The molecule has 2 nitrogen and oxygen atoms in total. The molecule has 0 bridgehead atoms. The van der Waals surface area contributed by atoms with Crippen LogP contribution in [0.4, 0.5) is 0 Å². The molecule has 12 heavy (non-hydrogen) atoms. The van der Waals surface area contributed by atoms with Crippen molar-refractivity contribution in [2.24, 2.45) is 7.05 Å². The number of benzene rings is 1. The number of aromatic nitrogens is 2. The second-order valence-electron chi connectivity index (χ2n) is 2.34. The minimum atomic E-state index is 1.06. The molecule has 64 valence electrons. The Morgan fingerprint density at radius 2 is 1.83 bits per heavy atom. The molecule has 0 saturated heterocycles. The van der Waals surface area contributed by atoms with Gasteiger partial charge in [0.2, 0.25) is 0 Å². The molecule has 0 fully saturated rings. The van der Waals surface area contributed by atoms with Gasteiger partial charge in [-0.05, 0) is 12.1 Å². The lowest BCUT2D eigenvalue weighted by Crippen LogP contribution is -1.81. The molecule has 0 unspecified atom stereocenters. The van der Waals surface area contributed by atoms with Crippen molar-refractivity contribution in [3.63, 3.8) is 0 Å². The Hall–Kier alpha value is -1.31. The van der Waals surface area contributed by atoms with Crippen LogP contribution >= 0.6 is 0 Å². The highest BCUT2D eigenvalue weighted by Crippen LogP contribution is 2.08. The van der Waals surface area contributed by atoms with Crippen LogP contribution in [0.25, 0.3) is 11.0 Å². The van der Waals surface area contributed by atoms with Gasteiger partial charge in [0.25, 0.3) is 0 Å². The first kappa shape index (κ1) is 8.78. The fraction of sp³-hybridized carbons (Fsp3) is 0.300. The first-order valence-corrected chi connectivity index (χ1v) is 4.24. The second-order valence-corrected chi connectivity index (χ2v) is 2.34. The molecule has 0 aliphatic carbocycles. The van der Waals surface area contributed by atoms with E-state index >= 15 is 0 Å². The highest BCUT2D eigenvalue weighted by molar-refractivity contribution is 5.74. The molecule has 1 aromatic heterocycles. The lowest BCUT2D eigenvalue weighted by atomic mass is 10.3. The van der Waals surface area contributed by atoms with Crippen LogP contribution in [0.3, 0.4) is 0 Å². The van der Waals surface area contributed by atoms with Gasteiger partial charge in [-0.15, -0.1) is 0 Å². The van der Waals surface area contributed by atoms with Crippen molar-refractivity contribution in [2.45, 2.75) is 13.8 Å². The van der Waals surface area contributed by atoms with Gasteiger partial charge in [0.1, 0.15) is 0 Å². The number of aryl methyl sites for hydroxylation is 1. The van der Waals surface area contributed by atoms with Crippen LogP contribution in [0.15, 0.2) is 30.6 Å². The van der Waals surface area contributed by atoms with Gasteiger partial charge in [-0.25, -0.2) is 4.98 Å². The molecule has 0 atom stereocenters. The lowest BCUT2D eigenvalue weighted by Gasteiger charge is -1.90. The van der Waals surface area contributed by atoms with Crippen molar-refractivity contribution in [1.82, 2.24) is 9.55 Å². The molecule has 0 saturated carbocycles. The highest BCUT2D eigenvalue weighted by Gasteiger charge is 1.93. The molecule has 1 heterocycles. The minimum Gasteiger partial charge on any atom is -0.334 e. The van der Waals surface area contributed by atoms with Crippen LogP contribution < -0.4 is 0 Å². The summed E-state index contributed by atoms with van der Waals surface area (Å²) in [6.45, 7) is 4.00. The van der Waals surface area contributed by atoms with Crippen LogP contribution in [0, 0.1) is 0 Å². The van der Waals surface area contributed by atoms with Crippen molar-refractivity contribution in [2.75, 3.05) is 0 Å². The van der Waals surface area contributed by atoms with Gasteiger partial charge in [0.15, 0.2) is 0 Å². The number of imidazole rings is 1. The summed E-state index contributed by atoms with van der Waals surface area (Å²) < 4.78 is 2.01. The van der Waals surface area contributed by atoms with Gasteiger partial charge >= 0.3 is 0 Å². The molecule has 0 radical (unpaired) electrons. The van der Waals surface area contributed by atoms with Gasteiger partial charge in [-0.2, -0.15) is 0 Å². The molecule has 0 aliphatic rings. The third kappa shape index (κ3) is 1.47. The zero-order valence-corrected chi connectivity index (χ0v) is 7.78. The van der Waals surface area contributed by atoms with Gasteiger partial charge in [0.05, 0.1) is 17.4 Å². The summed E-state index contributed by atoms with van der Waals surface area (Å²) in [7, 11) is 2.00. The third-order valence-electron chi connectivity index (χ3n) is 1.63. The maximum atomic E-state index is 4.18. The van der Waals surface area contributed by atoms with Crippen molar-refractivity contribution in [3.8, 4) is 0 Å². The highest BCUT2D eigenvalue weighted by atomic mass is 15.0. The van der Waals surface area contributed by atoms with Crippen LogP contribution in [0.5, 0.6) is 0 Å². The molecule has 1 aromatic carbocycles. The maximum absolute atomic E-state index is 4.18. The summed E-state index contributed by atoms with van der Waals surface area (Å²) in [5.74, 6) is 0. The second kappa shape index (κ2) is 3.90. The molecular weight excluding hydrogens is 148 g/mol. The van der Waals surface area contributed by atoms with E-state index in [1.165, 1.54) is 5.52 Å². The summed E-state index contributed by atoms with van der Waals surface area (Å²) >= 11 is 0. The smallest absolute Gasteiger partial charge is 0.0955 e. The molecule has 0 amide bonds. The zero-order valence-electron chi connectivity index (χ0n) is 7.78. The third-order valence-corrected chi connectivity index (χ3v) is 1.63. The largest absolute Gasteiger partial charge is 0.334 e. The fourth-order valence-electron chi connectivity index (χ4n) is 1.08. The summed E-state index contributed by atoms with van der Waals surface area (Å²) in [4.78, 5) is 4.18. The van der Waals surface area contributed by atoms with E-state index in [-0.39, 0.29) is 0 Å². The van der Waals surface area contributed by atoms with E-state index < -0.39 is 0 Å². The summed E-state index contributed by atoms with van der Waals surface area (Å²) in [6, 6.07) is 8.08. The van der Waals surface area contributed by atoms with Crippen molar-refractivity contribution >= 4 is 11.0 Å². The van der Waals surface area contributed by atoms with E-state index in [4.69, 9.17) is 0 Å². The van der Waals surface area contributed by atoms with Crippen LogP contribution in [0.1, 0.15) is 13.8 Å². The average molecular weight is 162 g/mol. The van der Waals surface area contributed by atoms with Gasteiger partial charge in [-0.3, -0.25) is 0 Å². The number of nitrogens with zero attached hydrogens (tertiary/aromatic N) is 2. The van der Waals surface area contributed by atoms with Gasteiger partial charge < -0.3 is 4.57 Å². The SMILES string of the molecule is CC.Cn1cnc2ccccc21. The standard InChI is InChI=1S/C8H8N2.C2H6/c1-10-6-9-7-4-2-3-5-8(7)10;1-2/h2-6H,1H3;1-2H3. The Bertz CT molecular complexity index is 349. The van der Waals surface area contributed by atoms with Gasteiger partial charge in [-0.1, -0.05) is 26.0 Å². The first-order chi connectivity index (χ1) is 5.88. The predicted octanol–water partition coefficient (Wildman–Crippen LogP) is 2.60. The Morgan fingerprint density at radius 3 is 2.50 bits per heavy atom. The van der Waals surface area contributed by atoms with E-state index in [0.717, 1.165) is 5.52 Å². The molecule has 0 N–H and O–H groups in total. The number of hydrogen-bond acceptors (Lipinski definition) is 1. The Labute approximate surface area is 72.9 Å². The summed E-state index contributed by atoms with van der Waals surface area (Å²) in [5.41, 5.74) is 2.24. The van der Waals surface area contributed by atoms with Crippen molar-refractivity contribution in [3.05, 3.63) is 30.6 Å². The number of para-hydroxylation sites is 2. The van der Waals surface area contributed by atoms with E-state index in [2.05, 4.69) is 11.1 Å². The van der Waals surface area contributed by atoms with E-state index in [9.17, 15) is 0 Å². The number of fused-ring (bicyclic) bond motifs is 1. The number of rotatable bonds is 0. The predicted molar refractivity (Wildman–Crippen MR) is 52.1 cm³/mol. The Balaban J connectivity index is 0.000000336. The van der Waals surface area contributed by atoms with E-state index in [1.807, 2.05) is 50.0 Å². The normalized spacial score (nSPS) is 9.25. The van der Waals surface area contributed by atoms with Crippen molar-refractivity contribution in [1.29, 1.82) is 0 Å².